The van der Waals surface area contributed by atoms with E-state index in [1.807, 2.05) is 0 Å². The first kappa shape index (κ1) is 16.0. The molecule has 0 radical (unpaired) electrons. The third-order valence-corrected chi connectivity index (χ3v) is 6.26. The van der Waals surface area contributed by atoms with Gasteiger partial charge in [0.15, 0.2) is 4.67 Å². The van der Waals surface area contributed by atoms with Gasteiger partial charge in [0.05, 0.1) is 8.07 Å². The van der Waals surface area contributed by atoms with Crippen molar-refractivity contribution in [2.75, 3.05) is 0 Å². The summed E-state index contributed by atoms with van der Waals surface area (Å²) in [5, 5.41) is 1.42. The minimum absolute atomic E-state index is 0.975. The molecule has 0 aliphatic carbocycles. The van der Waals surface area contributed by atoms with Gasteiger partial charge in [-0.3, -0.25) is 0 Å². The molecule has 0 aromatic carbocycles. The van der Waals surface area contributed by atoms with Gasteiger partial charge in [-0.15, -0.1) is 0 Å². The van der Waals surface area contributed by atoms with Gasteiger partial charge >= 0.3 is 0 Å². The van der Waals surface area contributed by atoms with E-state index in [4.69, 9.17) is 4.42 Å². The molecule has 0 saturated heterocycles. The molecule has 18 heavy (non-hydrogen) atoms. The average Bonchev–Trinajstić information content (AvgIpc) is 2.64. The van der Waals surface area contributed by atoms with Crippen molar-refractivity contribution in [2.24, 2.45) is 0 Å². The fourth-order valence-corrected chi connectivity index (χ4v) is 5.47. The van der Waals surface area contributed by atoms with Crippen LogP contribution in [-0.2, 0) is 6.42 Å². The van der Waals surface area contributed by atoms with Gasteiger partial charge in [0, 0.05) is 6.42 Å². The summed E-state index contributed by atoms with van der Waals surface area (Å²) in [5.41, 5.74) is 0. The Morgan fingerprint density at radius 2 is 1.67 bits per heavy atom. The molecular weight excluding hydrogens is 304 g/mol. The van der Waals surface area contributed by atoms with Crippen LogP contribution < -0.4 is 5.19 Å². The summed E-state index contributed by atoms with van der Waals surface area (Å²) in [6, 6.07) is 2.28. The van der Waals surface area contributed by atoms with Gasteiger partial charge in [-0.1, -0.05) is 58.7 Å². The summed E-state index contributed by atoms with van der Waals surface area (Å²) < 4.78 is 6.79. The van der Waals surface area contributed by atoms with Crippen LogP contribution >= 0.6 is 15.9 Å². The Balaban J connectivity index is 2.35. The van der Waals surface area contributed by atoms with Crippen LogP contribution in [0.4, 0.5) is 0 Å². The summed E-state index contributed by atoms with van der Waals surface area (Å²) in [7, 11) is -1.26. The molecule has 0 bridgehead atoms. The number of hydrogen-bond acceptors (Lipinski definition) is 1. The summed E-state index contributed by atoms with van der Waals surface area (Å²) >= 11 is 3.56. The second-order valence-corrected chi connectivity index (χ2v) is 11.9. The maximum absolute atomic E-state index is 5.82. The van der Waals surface area contributed by atoms with Crippen molar-refractivity contribution in [2.45, 2.75) is 71.5 Å². The molecule has 0 unspecified atom stereocenters. The first-order valence-corrected chi connectivity index (χ1v) is 11.5. The maximum Gasteiger partial charge on any atom is 0.168 e. The number of aryl methyl sites for hydroxylation is 1. The normalized spacial score (nSPS) is 12.1. The van der Waals surface area contributed by atoms with Crippen LogP contribution in [0.2, 0.25) is 19.6 Å². The van der Waals surface area contributed by atoms with Crippen LogP contribution in [-0.4, -0.2) is 8.07 Å². The van der Waals surface area contributed by atoms with Crippen molar-refractivity contribution in [3.8, 4) is 0 Å². The lowest BCUT2D eigenvalue weighted by atomic mass is 10.1. The van der Waals surface area contributed by atoms with E-state index >= 15 is 0 Å². The van der Waals surface area contributed by atoms with Crippen LogP contribution in [0, 0.1) is 0 Å². The zero-order chi connectivity index (χ0) is 13.6. The Morgan fingerprint density at radius 1 is 1.06 bits per heavy atom. The highest BCUT2D eigenvalue weighted by Gasteiger charge is 2.23. The lowest BCUT2D eigenvalue weighted by Gasteiger charge is -2.13. The minimum Gasteiger partial charge on any atom is -0.455 e. The first-order valence-electron chi connectivity index (χ1n) is 7.24. The number of rotatable bonds is 8. The number of halogens is 1. The van der Waals surface area contributed by atoms with Crippen molar-refractivity contribution in [3.63, 3.8) is 0 Å². The number of hydrogen-bond donors (Lipinski definition) is 0. The number of unbranched alkanes of at least 4 members (excludes halogenated alkanes) is 5. The van der Waals surface area contributed by atoms with E-state index in [2.05, 4.69) is 48.6 Å². The molecule has 1 aromatic rings. The first-order chi connectivity index (χ1) is 8.45. The second-order valence-electron chi connectivity index (χ2n) is 6.17. The predicted molar refractivity (Wildman–Crippen MR) is 86.5 cm³/mol. The van der Waals surface area contributed by atoms with E-state index in [9.17, 15) is 0 Å². The van der Waals surface area contributed by atoms with Crippen molar-refractivity contribution in [3.05, 3.63) is 16.5 Å². The molecule has 0 aliphatic rings. The van der Waals surface area contributed by atoms with Crippen LogP contribution in [0.1, 0.15) is 51.2 Å². The second kappa shape index (κ2) is 7.54. The van der Waals surface area contributed by atoms with E-state index in [1.165, 1.54) is 43.7 Å². The van der Waals surface area contributed by atoms with Gasteiger partial charge in [-0.25, -0.2) is 0 Å². The lowest BCUT2D eigenvalue weighted by Crippen LogP contribution is -2.37. The van der Waals surface area contributed by atoms with Gasteiger partial charge in [-0.2, -0.15) is 0 Å². The standard InChI is InChI=1S/C15H27BrOSi/c1-5-6-7-8-9-10-11-13-12-14(15(16)17-13)18(2,3)4/h12H,5-11H2,1-4H3. The quantitative estimate of drug-likeness (QED) is 0.453. The van der Waals surface area contributed by atoms with Crippen molar-refractivity contribution in [1.29, 1.82) is 0 Å². The lowest BCUT2D eigenvalue weighted by molar-refractivity contribution is 0.475. The van der Waals surface area contributed by atoms with Crippen molar-refractivity contribution >= 4 is 29.2 Å². The van der Waals surface area contributed by atoms with Crippen molar-refractivity contribution < 1.29 is 4.42 Å². The van der Waals surface area contributed by atoms with E-state index in [0.29, 0.717) is 0 Å². The van der Waals surface area contributed by atoms with E-state index in [0.717, 1.165) is 16.9 Å². The summed E-state index contributed by atoms with van der Waals surface area (Å²) in [6.07, 6.45) is 9.15. The Bertz CT molecular complexity index is 352. The molecule has 1 aromatic heterocycles. The molecule has 0 N–H and O–H groups in total. The Hall–Kier alpha value is -0.0231. The van der Waals surface area contributed by atoms with Gasteiger partial charge in [-0.05, 0) is 33.6 Å². The monoisotopic (exact) mass is 330 g/mol. The highest BCUT2D eigenvalue weighted by Crippen LogP contribution is 2.19. The molecule has 0 saturated carbocycles. The Labute approximate surface area is 121 Å². The van der Waals surface area contributed by atoms with Crippen molar-refractivity contribution in [1.82, 2.24) is 0 Å². The molecule has 1 heterocycles. The molecule has 0 spiro atoms. The molecule has 0 aliphatic heterocycles. The molecule has 0 amide bonds. The molecule has 1 nitrogen and oxygen atoms in total. The largest absolute Gasteiger partial charge is 0.455 e. The molecule has 104 valence electrons. The van der Waals surface area contributed by atoms with Gasteiger partial charge in [0.1, 0.15) is 5.76 Å². The van der Waals surface area contributed by atoms with E-state index < -0.39 is 8.07 Å². The van der Waals surface area contributed by atoms with Crippen LogP contribution in [0.5, 0.6) is 0 Å². The zero-order valence-electron chi connectivity index (χ0n) is 12.3. The predicted octanol–water partition coefficient (Wildman–Crippen LogP) is 5.49. The molecule has 0 atom stereocenters. The summed E-state index contributed by atoms with van der Waals surface area (Å²) in [5.74, 6) is 1.16. The zero-order valence-corrected chi connectivity index (χ0v) is 14.9. The Morgan fingerprint density at radius 3 is 2.22 bits per heavy atom. The third-order valence-electron chi connectivity index (χ3n) is 3.32. The minimum atomic E-state index is -1.26. The smallest absolute Gasteiger partial charge is 0.168 e. The Kier molecular flexibility index (Phi) is 6.71. The van der Waals surface area contributed by atoms with Gasteiger partial charge in [0.25, 0.3) is 0 Å². The summed E-state index contributed by atoms with van der Waals surface area (Å²) in [4.78, 5) is 0. The maximum atomic E-state index is 5.82. The fraction of sp³-hybridized carbons (Fsp3) is 0.733. The SMILES string of the molecule is CCCCCCCCc1cc([Si](C)(C)C)c(Br)o1. The van der Waals surface area contributed by atoms with Crippen LogP contribution in [0.25, 0.3) is 0 Å². The molecular formula is C15H27BrOSi. The molecule has 3 heteroatoms. The van der Waals surface area contributed by atoms with Gasteiger partial charge < -0.3 is 4.42 Å². The molecule has 1 rings (SSSR count). The fourth-order valence-electron chi connectivity index (χ4n) is 2.13. The topological polar surface area (TPSA) is 13.1 Å². The number of furan rings is 1. The average molecular weight is 331 g/mol. The van der Waals surface area contributed by atoms with Crippen LogP contribution in [0.3, 0.4) is 0 Å². The van der Waals surface area contributed by atoms with E-state index in [1.54, 1.807) is 0 Å². The van der Waals surface area contributed by atoms with E-state index in [-0.39, 0.29) is 0 Å². The summed E-state index contributed by atoms with van der Waals surface area (Å²) in [6.45, 7) is 9.34. The highest BCUT2D eigenvalue weighted by molar-refractivity contribution is 9.10. The highest BCUT2D eigenvalue weighted by atomic mass is 79.9. The molecule has 0 fully saturated rings. The third kappa shape index (κ3) is 5.31. The van der Waals surface area contributed by atoms with Gasteiger partial charge in [0.2, 0.25) is 0 Å². The van der Waals surface area contributed by atoms with Crippen LogP contribution in [0.15, 0.2) is 15.2 Å².